The smallest absolute Gasteiger partial charge is 0.335 e. The number of amides is 1. The average molecular weight is 643 g/mol. The van der Waals surface area contributed by atoms with Gasteiger partial charge in [-0.25, -0.2) is 31.0 Å². The molecule has 0 unspecified atom stereocenters. The normalized spacial score (nSPS) is 19.5. The number of methoxy groups -OCH3 is 1. The number of halogens is 3. The molecule has 0 atom stereocenters. The molecule has 1 saturated heterocycles. The fourth-order valence-electron chi connectivity index (χ4n) is 5.51. The van der Waals surface area contributed by atoms with E-state index in [2.05, 4.69) is 14.9 Å². The van der Waals surface area contributed by atoms with Gasteiger partial charge in [-0.2, -0.15) is 4.72 Å². The summed E-state index contributed by atoms with van der Waals surface area (Å²) in [5.41, 5.74) is -1.26. The highest BCUT2D eigenvalue weighted by atomic mass is 32.2. The first kappa shape index (κ1) is 29.9. The van der Waals surface area contributed by atoms with Gasteiger partial charge in [0.15, 0.2) is 5.01 Å². The number of carbonyl (C=O) groups excluding carboxylic acids is 1. The van der Waals surface area contributed by atoms with Crippen LogP contribution >= 0.6 is 11.3 Å². The highest BCUT2D eigenvalue weighted by Crippen LogP contribution is 2.42. The maximum absolute atomic E-state index is 13.9. The van der Waals surface area contributed by atoms with Crippen LogP contribution in [0.3, 0.4) is 0 Å². The van der Waals surface area contributed by atoms with Gasteiger partial charge in [-0.3, -0.25) is 9.36 Å². The van der Waals surface area contributed by atoms with Gasteiger partial charge in [-0.1, -0.05) is 17.4 Å². The highest BCUT2D eigenvalue weighted by molar-refractivity contribution is 7.89. The fraction of sp³-hybridized carbons (Fsp3) is 0.538. The van der Waals surface area contributed by atoms with Gasteiger partial charge in [-0.15, -0.1) is 10.2 Å². The lowest BCUT2D eigenvalue weighted by Gasteiger charge is -2.39. The number of ether oxygens (including phenoxy) is 2. The van der Waals surface area contributed by atoms with Gasteiger partial charge in [0.1, 0.15) is 17.8 Å². The number of benzene rings is 1. The third-order valence-corrected chi connectivity index (χ3v) is 10.6. The maximum atomic E-state index is 13.9. The zero-order valence-corrected chi connectivity index (χ0v) is 24.9. The van der Waals surface area contributed by atoms with E-state index in [1.807, 2.05) is 0 Å². The van der Waals surface area contributed by atoms with Crippen molar-refractivity contribution in [3.8, 4) is 5.13 Å². The van der Waals surface area contributed by atoms with E-state index in [-0.39, 0.29) is 47.8 Å². The van der Waals surface area contributed by atoms with Crippen molar-refractivity contribution in [3.63, 3.8) is 0 Å². The molecule has 1 aliphatic carbocycles. The molecule has 1 N–H and O–H groups in total. The number of alkyl halides is 3. The van der Waals surface area contributed by atoms with Gasteiger partial charge >= 0.3 is 5.69 Å². The van der Waals surface area contributed by atoms with Crippen molar-refractivity contribution < 1.29 is 35.9 Å². The number of aromatic nitrogens is 4. The Hall–Kier alpha value is -3.12. The zero-order chi connectivity index (χ0) is 30.7. The van der Waals surface area contributed by atoms with Gasteiger partial charge in [0, 0.05) is 32.3 Å². The summed E-state index contributed by atoms with van der Waals surface area (Å²) >= 11 is 0.517. The molecule has 2 aliphatic heterocycles. The monoisotopic (exact) mass is 642 g/mol. The number of nitrogens with zero attached hydrogens (tertiary/aromatic N) is 5. The van der Waals surface area contributed by atoms with Crippen LogP contribution in [-0.4, -0.2) is 89.8 Å². The molecule has 1 saturated carbocycles. The Kier molecular flexibility index (Phi) is 7.52. The number of imidazole rings is 1. The number of rotatable bonds is 10. The van der Waals surface area contributed by atoms with Gasteiger partial charge in [0.25, 0.3) is 12.3 Å². The first-order valence-electron chi connectivity index (χ1n) is 13.6. The van der Waals surface area contributed by atoms with E-state index >= 15 is 0 Å². The molecule has 4 heterocycles. The number of hydrogen-bond donors (Lipinski definition) is 1. The Morgan fingerprint density at radius 2 is 2.00 bits per heavy atom. The second-order valence-electron chi connectivity index (χ2n) is 10.9. The Balaban J connectivity index is 1.51. The standard InChI is InChI=1S/C26H29F3N6O6S2/c1-3-34-19-17(15-4-8-33(9-5-15)22(36)26(40-2)6-7-26)10-16(43(38,39)32-25(12-27)13-41-14-25)11-18(19)35(24(34)37)23-31-30-21(42-23)20(28)29/h4,10-11,20,32H,3,5-9,12-14H2,1-2H3. The summed E-state index contributed by atoms with van der Waals surface area (Å²) in [6, 6.07) is 2.66. The Labute approximate surface area is 248 Å². The topological polar surface area (TPSA) is 138 Å². The summed E-state index contributed by atoms with van der Waals surface area (Å²) < 4.78 is 83.2. The van der Waals surface area contributed by atoms with Crippen LogP contribution in [0, 0.1) is 0 Å². The molecule has 1 amide bonds. The lowest BCUT2D eigenvalue weighted by molar-refractivity contribution is -0.144. The lowest BCUT2D eigenvalue weighted by atomic mass is 9.97. The number of carbonyl (C=O) groups is 1. The van der Waals surface area contributed by atoms with Crippen LogP contribution in [-0.2, 0) is 30.8 Å². The molecule has 6 rings (SSSR count). The van der Waals surface area contributed by atoms with E-state index in [1.54, 1.807) is 17.9 Å². The molecule has 12 nitrogen and oxygen atoms in total. The molecule has 0 bridgehead atoms. The van der Waals surface area contributed by atoms with Crippen molar-refractivity contribution in [2.24, 2.45) is 0 Å². The quantitative estimate of drug-likeness (QED) is 0.356. The summed E-state index contributed by atoms with van der Waals surface area (Å²) in [7, 11) is -2.85. The molecule has 17 heteroatoms. The van der Waals surface area contributed by atoms with E-state index in [1.165, 1.54) is 23.8 Å². The number of sulfonamides is 1. The van der Waals surface area contributed by atoms with Gasteiger partial charge < -0.3 is 14.4 Å². The van der Waals surface area contributed by atoms with E-state index in [0.29, 0.717) is 53.8 Å². The van der Waals surface area contributed by atoms with Crippen molar-refractivity contribution in [2.45, 2.75) is 55.2 Å². The minimum absolute atomic E-state index is 0.108. The predicted molar refractivity (Wildman–Crippen MR) is 150 cm³/mol. The van der Waals surface area contributed by atoms with Crippen LogP contribution in [0.2, 0.25) is 0 Å². The van der Waals surface area contributed by atoms with Gasteiger partial charge in [-0.05, 0) is 43.9 Å². The predicted octanol–water partition coefficient (Wildman–Crippen LogP) is 2.41. The number of nitrogens with one attached hydrogen (secondary N) is 1. The first-order chi connectivity index (χ1) is 20.5. The van der Waals surface area contributed by atoms with E-state index in [4.69, 9.17) is 9.47 Å². The average Bonchev–Trinajstić information content (AvgIpc) is 3.53. The number of aryl methyl sites for hydroxylation is 1. The molecular weight excluding hydrogens is 613 g/mol. The second-order valence-corrected chi connectivity index (χ2v) is 13.5. The maximum Gasteiger partial charge on any atom is 0.335 e. The van der Waals surface area contributed by atoms with E-state index in [0.717, 1.165) is 4.57 Å². The Bertz CT molecular complexity index is 1790. The summed E-state index contributed by atoms with van der Waals surface area (Å²) in [5, 5.41) is 6.55. The Morgan fingerprint density at radius 3 is 2.51 bits per heavy atom. The van der Waals surface area contributed by atoms with Gasteiger partial charge in [0.05, 0.1) is 29.1 Å². The fourth-order valence-corrected chi connectivity index (χ4v) is 7.62. The van der Waals surface area contributed by atoms with Crippen LogP contribution in [0.25, 0.3) is 21.7 Å². The van der Waals surface area contributed by atoms with Gasteiger partial charge in [0.2, 0.25) is 15.2 Å². The molecule has 3 aliphatic rings. The molecular formula is C26H29F3N6O6S2. The molecule has 232 valence electrons. The Morgan fingerprint density at radius 1 is 1.26 bits per heavy atom. The lowest BCUT2D eigenvalue weighted by Crippen LogP contribution is -2.63. The van der Waals surface area contributed by atoms with E-state index < -0.39 is 45.0 Å². The molecule has 0 spiro atoms. The minimum Gasteiger partial charge on any atom is -0.377 e. The summed E-state index contributed by atoms with van der Waals surface area (Å²) in [4.78, 5) is 28.1. The summed E-state index contributed by atoms with van der Waals surface area (Å²) in [5.74, 6) is -0.113. The van der Waals surface area contributed by atoms with Crippen LogP contribution in [0.1, 0.15) is 43.2 Å². The van der Waals surface area contributed by atoms with Crippen molar-refractivity contribution in [1.82, 2.24) is 29.0 Å². The zero-order valence-electron chi connectivity index (χ0n) is 23.3. The molecule has 0 radical (unpaired) electrons. The van der Waals surface area contributed by atoms with Crippen molar-refractivity contribution in [1.29, 1.82) is 0 Å². The van der Waals surface area contributed by atoms with Crippen molar-refractivity contribution >= 4 is 43.9 Å². The molecule has 2 aromatic heterocycles. The second kappa shape index (κ2) is 10.8. The SMILES string of the molecule is CCn1c(=O)n(-c2nnc(C(F)F)s2)c2cc(S(=O)(=O)NC3(CF)COC3)cc(C3=CCN(C(=O)C4(OC)CC4)CC3)c21. The number of hydrogen-bond acceptors (Lipinski definition) is 9. The third-order valence-electron chi connectivity index (χ3n) is 8.12. The van der Waals surface area contributed by atoms with Crippen LogP contribution < -0.4 is 10.4 Å². The molecule has 1 aromatic carbocycles. The molecule has 43 heavy (non-hydrogen) atoms. The number of fused-ring (bicyclic) bond motifs is 1. The van der Waals surface area contributed by atoms with Crippen LogP contribution in [0.15, 0.2) is 27.9 Å². The summed E-state index contributed by atoms with van der Waals surface area (Å²) in [6.45, 7) is 1.20. The molecule has 2 fully saturated rings. The van der Waals surface area contributed by atoms with Crippen LogP contribution in [0.5, 0.6) is 0 Å². The minimum atomic E-state index is -4.36. The molecule has 3 aromatic rings. The first-order valence-corrected chi connectivity index (χ1v) is 15.9. The third kappa shape index (κ3) is 5.00. The summed E-state index contributed by atoms with van der Waals surface area (Å²) in [6.07, 6.45) is 0.519. The van der Waals surface area contributed by atoms with Crippen molar-refractivity contribution in [2.75, 3.05) is 40.1 Å². The van der Waals surface area contributed by atoms with Crippen molar-refractivity contribution in [3.05, 3.63) is 39.3 Å². The largest absolute Gasteiger partial charge is 0.377 e. The van der Waals surface area contributed by atoms with E-state index in [9.17, 15) is 31.2 Å². The highest BCUT2D eigenvalue weighted by Gasteiger charge is 2.52. The van der Waals surface area contributed by atoms with Crippen LogP contribution in [0.4, 0.5) is 13.2 Å².